The number of aryl methyl sites for hydroxylation is 1. The third kappa shape index (κ3) is 1.30. The maximum atomic E-state index is 5.83. The van der Waals surface area contributed by atoms with Gasteiger partial charge in [0.25, 0.3) is 0 Å². The molecule has 0 spiro atoms. The van der Waals surface area contributed by atoms with Gasteiger partial charge < -0.3 is 5.73 Å². The van der Waals surface area contributed by atoms with Gasteiger partial charge in [0.15, 0.2) is 0 Å². The number of pyridine rings is 1. The number of fused-ring (bicyclic) bond motifs is 3. The van der Waals surface area contributed by atoms with Crippen LogP contribution in [-0.4, -0.2) is 4.98 Å². The second-order valence-corrected chi connectivity index (χ2v) is 3.93. The molecular formula is C13H12N2. The van der Waals surface area contributed by atoms with Crippen molar-refractivity contribution < 1.29 is 0 Å². The topological polar surface area (TPSA) is 38.9 Å². The molecule has 0 atom stereocenters. The molecule has 15 heavy (non-hydrogen) atoms. The highest BCUT2D eigenvalue weighted by molar-refractivity contribution is 5.85. The largest absolute Gasteiger partial charge is 0.402 e. The fraction of sp³-hybridized carbons (Fsp3) is 0.154. The molecule has 2 aromatic rings. The Bertz CT molecular complexity index is 555. The molecule has 0 fully saturated rings. The molecule has 2 nitrogen and oxygen atoms in total. The van der Waals surface area contributed by atoms with Crippen LogP contribution in [-0.2, 0) is 6.42 Å². The van der Waals surface area contributed by atoms with Gasteiger partial charge in [-0.2, -0.15) is 0 Å². The number of nitrogens with two attached hydrogens (primary N) is 1. The van der Waals surface area contributed by atoms with Crippen molar-refractivity contribution in [2.75, 3.05) is 0 Å². The van der Waals surface area contributed by atoms with Gasteiger partial charge in [-0.25, -0.2) is 0 Å². The third-order valence-electron chi connectivity index (χ3n) is 2.92. The summed E-state index contributed by atoms with van der Waals surface area (Å²) < 4.78 is 0. The predicted octanol–water partition coefficient (Wildman–Crippen LogP) is 2.48. The Balaban J connectivity index is 2.35. The summed E-state index contributed by atoms with van der Waals surface area (Å²) >= 11 is 0. The van der Waals surface area contributed by atoms with Gasteiger partial charge in [0.1, 0.15) is 0 Å². The first-order chi connectivity index (χ1) is 7.34. The van der Waals surface area contributed by atoms with E-state index in [1.807, 2.05) is 18.3 Å². The van der Waals surface area contributed by atoms with Crippen molar-refractivity contribution >= 4 is 17.0 Å². The van der Waals surface area contributed by atoms with Crippen LogP contribution in [0.1, 0.15) is 17.5 Å². The van der Waals surface area contributed by atoms with Crippen molar-refractivity contribution in [3.05, 3.63) is 47.3 Å². The van der Waals surface area contributed by atoms with Crippen molar-refractivity contribution in [2.45, 2.75) is 12.8 Å². The minimum absolute atomic E-state index is 0.958. The average Bonchev–Trinajstić information content (AvgIpc) is 2.28. The Kier molecular flexibility index (Phi) is 1.75. The maximum Gasteiger partial charge on any atom is 0.0705 e. The van der Waals surface area contributed by atoms with Crippen LogP contribution in [0, 0.1) is 0 Å². The second-order valence-electron chi connectivity index (χ2n) is 3.93. The van der Waals surface area contributed by atoms with Crippen molar-refractivity contribution in [3.63, 3.8) is 0 Å². The van der Waals surface area contributed by atoms with E-state index in [9.17, 15) is 0 Å². The summed E-state index contributed by atoms with van der Waals surface area (Å²) in [6.07, 6.45) is 5.95. The summed E-state index contributed by atoms with van der Waals surface area (Å²) in [6.45, 7) is 0. The van der Waals surface area contributed by atoms with Crippen LogP contribution in [0.15, 0.2) is 36.2 Å². The number of para-hydroxylation sites is 1. The molecular weight excluding hydrogens is 184 g/mol. The maximum absolute atomic E-state index is 5.83. The molecule has 0 saturated heterocycles. The quantitative estimate of drug-likeness (QED) is 0.703. The number of nitrogens with zero attached hydrogens (tertiary/aromatic N) is 1. The minimum atomic E-state index is 0.958. The number of rotatable bonds is 0. The molecule has 0 unspecified atom stereocenters. The lowest BCUT2D eigenvalue weighted by Gasteiger charge is -2.15. The van der Waals surface area contributed by atoms with Crippen LogP contribution in [0.25, 0.3) is 17.0 Å². The average molecular weight is 196 g/mol. The number of allylic oxidation sites excluding steroid dienone is 1. The van der Waals surface area contributed by atoms with E-state index in [-0.39, 0.29) is 0 Å². The van der Waals surface area contributed by atoms with Crippen molar-refractivity contribution in [3.8, 4) is 0 Å². The normalized spacial score (nSPS) is 14.8. The zero-order valence-corrected chi connectivity index (χ0v) is 8.40. The van der Waals surface area contributed by atoms with Gasteiger partial charge in [-0.15, -0.1) is 0 Å². The number of hydrogen-bond acceptors (Lipinski definition) is 2. The summed E-state index contributed by atoms with van der Waals surface area (Å²) in [5, 5.41) is 1.26. The predicted molar refractivity (Wildman–Crippen MR) is 62.2 cm³/mol. The van der Waals surface area contributed by atoms with Crippen LogP contribution in [0.5, 0.6) is 0 Å². The molecule has 1 aromatic heterocycles. The lowest BCUT2D eigenvalue weighted by molar-refractivity contribution is 0.919. The molecule has 0 aliphatic heterocycles. The first-order valence-electron chi connectivity index (χ1n) is 5.17. The molecule has 1 aliphatic rings. The number of hydrogen-bond donors (Lipinski definition) is 1. The Hall–Kier alpha value is -1.83. The van der Waals surface area contributed by atoms with E-state index in [0.29, 0.717) is 0 Å². The van der Waals surface area contributed by atoms with Gasteiger partial charge in [0.05, 0.1) is 5.52 Å². The van der Waals surface area contributed by atoms with Gasteiger partial charge in [-0.3, -0.25) is 4.98 Å². The van der Waals surface area contributed by atoms with Crippen LogP contribution in [0.2, 0.25) is 0 Å². The van der Waals surface area contributed by atoms with E-state index >= 15 is 0 Å². The number of aromatic nitrogens is 1. The fourth-order valence-corrected chi connectivity index (χ4v) is 2.16. The molecule has 0 radical (unpaired) electrons. The lowest BCUT2D eigenvalue weighted by Crippen LogP contribution is -2.06. The summed E-state index contributed by atoms with van der Waals surface area (Å²) in [5.41, 5.74) is 10.4. The van der Waals surface area contributed by atoms with Crippen LogP contribution < -0.4 is 5.73 Å². The van der Waals surface area contributed by atoms with E-state index in [1.54, 1.807) is 0 Å². The molecule has 2 heteroatoms. The zero-order chi connectivity index (χ0) is 10.3. The minimum Gasteiger partial charge on any atom is -0.402 e. The SMILES string of the molecule is NC1=Cc2cnc3ccccc3c2CC1. The van der Waals surface area contributed by atoms with E-state index in [4.69, 9.17) is 5.73 Å². The fourth-order valence-electron chi connectivity index (χ4n) is 2.16. The van der Waals surface area contributed by atoms with E-state index in [1.165, 1.54) is 16.5 Å². The van der Waals surface area contributed by atoms with Crippen LogP contribution in [0.4, 0.5) is 0 Å². The highest BCUT2D eigenvalue weighted by atomic mass is 14.7. The van der Waals surface area contributed by atoms with E-state index in [2.05, 4.69) is 23.2 Å². The Labute approximate surface area is 88.4 Å². The molecule has 1 aliphatic carbocycles. The Morgan fingerprint density at radius 2 is 2.00 bits per heavy atom. The molecule has 1 heterocycles. The Morgan fingerprint density at radius 3 is 2.93 bits per heavy atom. The summed E-state index contributed by atoms with van der Waals surface area (Å²) in [5.74, 6) is 0. The summed E-state index contributed by atoms with van der Waals surface area (Å²) in [4.78, 5) is 4.43. The first-order valence-corrected chi connectivity index (χ1v) is 5.17. The molecule has 1 aromatic carbocycles. The molecule has 2 N–H and O–H groups in total. The lowest BCUT2D eigenvalue weighted by atomic mass is 9.93. The second kappa shape index (κ2) is 3.09. The van der Waals surface area contributed by atoms with Crippen LogP contribution in [0.3, 0.4) is 0 Å². The highest BCUT2D eigenvalue weighted by Gasteiger charge is 2.11. The molecule has 0 amide bonds. The molecule has 74 valence electrons. The summed E-state index contributed by atoms with van der Waals surface area (Å²) in [6, 6.07) is 8.27. The molecule has 0 saturated carbocycles. The van der Waals surface area contributed by atoms with Gasteiger partial charge in [-0.1, -0.05) is 18.2 Å². The van der Waals surface area contributed by atoms with Gasteiger partial charge >= 0.3 is 0 Å². The monoisotopic (exact) mass is 196 g/mol. The van der Waals surface area contributed by atoms with Gasteiger partial charge in [0.2, 0.25) is 0 Å². The van der Waals surface area contributed by atoms with E-state index < -0.39 is 0 Å². The first kappa shape index (κ1) is 8.48. The van der Waals surface area contributed by atoms with Crippen LogP contribution >= 0.6 is 0 Å². The smallest absolute Gasteiger partial charge is 0.0705 e. The zero-order valence-electron chi connectivity index (χ0n) is 8.40. The van der Waals surface area contributed by atoms with E-state index in [0.717, 1.165) is 24.1 Å². The van der Waals surface area contributed by atoms with Crippen molar-refractivity contribution in [2.24, 2.45) is 5.73 Å². The third-order valence-corrected chi connectivity index (χ3v) is 2.92. The molecule has 3 rings (SSSR count). The Morgan fingerprint density at radius 1 is 1.13 bits per heavy atom. The summed E-state index contributed by atoms with van der Waals surface area (Å²) in [7, 11) is 0. The standard InChI is InChI=1S/C13H12N2/c14-10-5-6-11-9(7-10)8-15-13-4-2-1-3-12(11)13/h1-4,7-8H,5-6,14H2. The van der Waals surface area contributed by atoms with Gasteiger partial charge in [-0.05, 0) is 36.1 Å². The van der Waals surface area contributed by atoms with Crippen molar-refractivity contribution in [1.82, 2.24) is 4.98 Å². The van der Waals surface area contributed by atoms with Gasteiger partial charge in [0, 0.05) is 17.3 Å². The molecule has 0 bridgehead atoms. The van der Waals surface area contributed by atoms with Crippen molar-refractivity contribution in [1.29, 1.82) is 0 Å². The number of benzene rings is 1. The highest BCUT2D eigenvalue weighted by Crippen LogP contribution is 2.27.